The van der Waals surface area contributed by atoms with E-state index in [1.54, 1.807) is 7.11 Å². The lowest BCUT2D eigenvalue weighted by molar-refractivity contribution is -0.126. The van der Waals surface area contributed by atoms with Gasteiger partial charge in [0.25, 0.3) is 0 Å². The highest BCUT2D eigenvalue weighted by Crippen LogP contribution is 2.29. The van der Waals surface area contributed by atoms with Gasteiger partial charge in [-0.2, -0.15) is 4.98 Å². The van der Waals surface area contributed by atoms with Crippen molar-refractivity contribution in [2.75, 3.05) is 31.4 Å². The summed E-state index contributed by atoms with van der Waals surface area (Å²) in [4.78, 5) is 24.3. The highest BCUT2D eigenvalue weighted by Gasteiger charge is 2.27. The maximum Gasteiger partial charge on any atom is 0.225 e. The molecule has 0 aliphatic heterocycles. The Bertz CT molecular complexity index is 1090. The second-order valence-corrected chi connectivity index (χ2v) is 8.98. The number of benzene rings is 2. The van der Waals surface area contributed by atoms with Crippen molar-refractivity contribution in [3.8, 4) is 5.75 Å². The van der Waals surface area contributed by atoms with Gasteiger partial charge in [0.15, 0.2) is 0 Å². The van der Waals surface area contributed by atoms with Gasteiger partial charge in [-0.3, -0.25) is 4.79 Å². The number of methoxy groups -OCH3 is 1. The number of hydrogen-bond donors (Lipinski definition) is 2. The number of ether oxygens (including phenoxy) is 1. The molecule has 0 saturated heterocycles. The maximum absolute atomic E-state index is 12.8. The summed E-state index contributed by atoms with van der Waals surface area (Å²) in [6.45, 7) is 2.02. The van der Waals surface area contributed by atoms with E-state index in [0.29, 0.717) is 5.95 Å². The number of anilines is 2. The van der Waals surface area contributed by atoms with Crippen LogP contribution in [0.4, 0.5) is 11.8 Å². The van der Waals surface area contributed by atoms with Crippen LogP contribution >= 0.6 is 0 Å². The molecule has 33 heavy (non-hydrogen) atoms. The van der Waals surface area contributed by atoms with Gasteiger partial charge >= 0.3 is 0 Å². The molecule has 7 heteroatoms. The fourth-order valence-corrected chi connectivity index (χ4v) is 4.45. The van der Waals surface area contributed by atoms with Crippen molar-refractivity contribution in [1.29, 1.82) is 0 Å². The minimum atomic E-state index is -0.0327. The molecule has 1 atom stereocenters. The van der Waals surface area contributed by atoms with Crippen LogP contribution < -0.4 is 20.3 Å². The third kappa shape index (κ3) is 5.35. The number of fused-ring (bicyclic) bond motifs is 1. The van der Waals surface area contributed by atoms with E-state index in [2.05, 4.69) is 10.6 Å². The summed E-state index contributed by atoms with van der Waals surface area (Å²) < 4.78 is 5.21. The monoisotopic (exact) mass is 447 g/mol. The molecule has 4 rings (SSSR count). The average Bonchev–Trinajstić information content (AvgIpc) is 2.84. The lowest BCUT2D eigenvalue weighted by atomic mass is 9.85. The first kappa shape index (κ1) is 22.8. The van der Waals surface area contributed by atoms with Gasteiger partial charge in [0.1, 0.15) is 11.6 Å². The van der Waals surface area contributed by atoms with Crippen LogP contribution in [0, 0.1) is 5.92 Å². The van der Waals surface area contributed by atoms with E-state index >= 15 is 0 Å². The van der Waals surface area contributed by atoms with Gasteiger partial charge in [0.05, 0.1) is 18.7 Å². The zero-order valence-electron chi connectivity index (χ0n) is 19.8. The molecular formula is C26H33N5O2. The molecule has 0 bridgehead atoms. The van der Waals surface area contributed by atoms with Crippen molar-refractivity contribution < 1.29 is 9.53 Å². The number of carbonyl (C=O) groups is 1. The summed E-state index contributed by atoms with van der Waals surface area (Å²) in [5.74, 6) is 2.55. The largest absolute Gasteiger partial charge is 0.497 e. The fraction of sp³-hybridized carbons (Fsp3) is 0.423. The maximum atomic E-state index is 12.8. The van der Waals surface area contributed by atoms with Crippen molar-refractivity contribution in [3.05, 3.63) is 54.1 Å². The van der Waals surface area contributed by atoms with Gasteiger partial charge in [-0.25, -0.2) is 4.98 Å². The van der Waals surface area contributed by atoms with Gasteiger partial charge in [0.2, 0.25) is 11.9 Å². The smallest absolute Gasteiger partial charge is 0.225 e. The normalized spacial score (nSPS) is 19.0. The van der Waals surface area contributed by atoms with Crippen LogP contribution in [0.1, 0.15) is 44.2 Å². The van der Waals surface area contributed by atoms with Crippen LogP contribution in [0.3, 0.4) is 0 Å². The van der Waals surface area contributed by atoms with Crippen LogP contribution in [0.5, 0.6) is 5.75 Å². The van der Waals surface area contributed by atoms with E-state index in [9.17, 15) is 4.79 Å². The molecule has 3 aromatic rings. The predicted molar refractivity (Wildman–Crippen MR) is 133 cm³/mol. The van der Waals surface area contributed by atoms with Gasteiger partial charge in [0, 0.05) is 31.4 Å². The topological polar surface area (TPSA) is 79.4 Å². The molecule has 1 fully saturated rings. The predicted octanol–water partition coefficient (Wildman–Crippen LogP) is 4.55. The van der Waals surface area contributed by atoms with Gasteiger partial charge in [-0.1, -0.05) is 24.3 Å². The second-order valence-electron chi connectivity index (χ2n) is 8.98. The first-order chi connectivity index (χ1) is 15.9. The van der Waals surface area contributed by atoms with Gasteiger partial charge in [-0.15, -0.1) is 0 Å². The Labute approximate surface area is 195 Å². The molecule has 0 unspecified atom stereocenters. The first-order valence-corrected chi connectivity index (χ1v) is 11.6. The highest BCUT2D eigenvalue weighted by molar-refractivity contribution is 5.90. The number of nitrogens with zero attached hydrogens (tertiary/aromatic N) is 3. The van der Waals surface area contributed by atoms with Crippen LogP contribution in [-0.4, -0.2) is 43.1 Å². The molecule has 174 valence electrons. The minimum absolute atomic E-state index is 0.0327. The zero-order chi connectivity index (χ0) is 23.4. The molecule has 7 nitrogen and oxygen atoms in total. The first-order valence-electron chi connectivity index (χ1n) is 11.6. The highest BCUT2D eigenvalue weighted by atomic mass is 16.5. The molecule has 0 radical (unpaired) electrons. The molecule has 0 spiro atoms. The van der Waals surface area contributed by atoms with Crippen LogP contribution in [0.25, 0.3) is 10.9 Å². The Morgan fingerprint density at radius 3 is 2.39 bits per heavy atom. The lowest BCUT2D eigenvalue weighted by Crippen LogP contribution is -2.37. The molecule has 1 amide bonds. The fourth-order valence-electron chi connectivity index (χ4n) is 4.45. The number of carbonyl (C=O) groups excluding carboxylic acids is 1. The minimum Gasteiger partial charge on any atom is -0.497 e. The standard InChI is InChI=1S/C26H33N5O2/c1-17(18-11-15-21(33-4)16-12-18)27-25(32)19-9-13-20(14-10-19)28-26-29-23-8-6-5-7-22(23)24(30-26)31(2)3/h5-8,11-12,15-17,19-20H,9-10,13-14H2,1-4H3,(H,27,32)(H,28,29,30)/t17-,19-,20+/m0/s1. The number of para-hydroxylation sites is 1. The van der Waals surface area contributed by atoms with E-state index in [1.165, 1.54) is 0 Å². The molecule has 1 heterocycles. The Morgan fingerprint density at radius 1 is 1.03 bits per heavy atom. The third-order valence-electron chi connectivity index (χ3n) is 6.41. The van der Waals surface area contributed by atoms with Gasteiger partial charge < -0.3 is 20.3 Å². The van der Waals surface area contributed by atoms with Crippen LogP contribution in [0.2, 0.25) is 0 Å². The SMILES string of the molecule is COc1ccc([C@H](C)NC(=O)[C@H]2CC[C@@H](Nc3nc(N(C)C)c4ccccc4n3)CC2)cc1. The Balaban J connectivity index is 1.33. The van der Waals surface area contributed by atoms with Crippen molar-refractivity contribution in [2.45, 2.75) is 44.7 Å². The van der Waals surface area contributed by atoms with Gasteiger partial charge in [-0.05, 0) is 62.4 Å². The summed E-state index contributed by atoms with van der Waals surface area (Å²) in [6.07, 6.45) is 3.55. The van der Waals surface area contributed by atoms with Crippen molar-refractivity contribution in [2.24, 2.45) is 5.92 Å². The quantitative estimate of drug-likeness (QED) is 0.553. The molecule has 1 aliphatic carbocycles. The summed E-state index contributed by atoms with van der Waals surface area (Å²) in [5, 5.41) is 7.73. The molecule has 2 aromatic carbocycles. The van der Waals surface area contributed by atoms with Crippen molar-refractivity contribution >= 4 is 28.6 Å². The Hall–Kier alpha value is -3.35. The van der Waals surface area contributed by atoms with Crippen molar-refractivity contribution in [3.63, 3.8) is 0 Å². The van der Waals surface area contributed by atoms with E-state index in [4.69, 9.17) is 14.7 Å². The molecule has 1 aromatic heterocycles. The molecule has 2 N–H and O–H groups in total. The molecular weight excluding hydrogens is 414 g/mol. The third-order valence-corrected chi connectivity index (χ3v) is 6.41. The van der Waals surface area contributed by atoms with E-state index in [0.717, 1.165) is 53.7 Å². The number of nitrogens with one attached hydrogen (secondary N) is 2. The second kappa shape index (κ2) is 10.1. The summed E-state index contributed by atoms with van der Waals surface area (Å²) in [6, 6.07) is 16.1. The Morgan fingerprint density at radius 2 is 1.73 bits per heavy atom. The summed E-state index contributed by atoms with van der Waals surface area (Å²) in [7, 11) is 5.64. The summed E-state index contributed by atoms with van der Waals surface area (Å²) >= 11 is 0. The van der Waals surface area contributed by atoms with E-state index in [-0.39, 0.29) is 23.9 Å². The van der Waals surface area contributed by atoms with Crippen molar-refractivity contribution in [1.82, 2.24) is 15.3 Å². The number of amides is 1. The average molecular weight is 448 g/mol. The molecule has 1 aliphatic rings. The van der Waals surface area contributed by atoms with E-state index < -0.39 is 0 Å². The number of hydrogen-bond acceptors (Lipinski definition) is 6. The van der Waals surface area contributed by atoms with E-state index in [1.807, 2.05) is 74.4 Å². The van der Waals surface area contributed by atoms with Crippen LogP contribution in [0.15, 0.2) is 48.5 Å². The number of aromatic nitrogens is 2. The number of rotatable bonds is 7. The Kier molecular flexibility index (Phi) is 6.96. The van der Waals surface area contributed by atoms with Crippen LogP contribution in [-0.2, 0) is 4.79 Å². The summed E-state index contributed by atoms with van der Waals surface area (Å²) in [5.41, 5.74) is 2.00. The molecule has 1 saturated carbocycles. The zero-order valence-corrected chi connectivity index (χ0v) is 19.8. The lowest BCUT2D eigenvalue weighted by Gasteiger charge is -2.29.